The highest BCUT2D eigenvalue weighted by Gasteiger charge is 2.26. The van der Waals surface area contributed by atoms with E-state index in [2.05, 4.69) is 59.0 Å². The van der Waals surface area contributed by atoms with Crippen molar-refractivity contribution < 1.29 is 9.99 Å². The molecule has 5 heteroatoms. The second-order valence-corrected chi connectivity index (χ2v) is 6.05. The molecule has 1 aliphatic rings. The smallest absolute Gasteiger partial charge is 0.235 e. The van der Waals surface area contributed by atoms with Gasteiger partial charge < -0.3 is 0 Å². The first-order chi connectivity index (χ1) is 12.3. The Kier molecular flexibility index (Phi) is 4.14. The summed E-state index contributed by atoms with van der Waals surface area (Å²) in [7, 11) is 2.02. The number of para-hydroxylation sites is 2. The highest BCUT2D eigenvalue weighted by molar-refractivity contribution is 5.92. The van der Waals surface area contributed by atoms with Crippen molar-refractivity contribution in [3.63, 3.8) is 0 Å². The molecule has 3 aromatic rings. The van der Waals surface area contributed by atoms with Gasteiger partial charge in [0.15, 0.2) is 19.1 Å². The molecule has 2 N–H and O–H groups in total. The van der Waals surface area contributed by atoms with E-state index in [-0.39, 0.29) is 0 Å². The molecule has 25 heavy (non-hydrogen) atoms. The van der Waals surface area contributed by atoms with Crippen molar-refractivity contribution in [2.45, 2.75) is 0 Å². The summed E-state index contributed by atoms with van der Waals surface area (Å²) in [5.74, 6) is 0.944. The normalized spacial score (nSPS) is 14.4. The molecule has 0 amide bonds. The summed E-state index contributed by atoms with van der Waals surface area (Å²) in [6, 6.07) is 24.8. The third-order valence-electron chi connectivity index (χ3n) is 4.21. The number of hydrazone groups is 1. The fourth-order valence-electron chi connectivity index (χ4n) is 2.84. The molecule has 2 aromatic carbocycles. The number of hydrogen-bond donors (Lipinski definition) is 1. The van der Waals surface area contributed by atoms with E-state index in [0.717, 1.165) is 22.8 Å². The van der Waals surface area contributed by atoms with Crippen LogP contribution in [0, 0.1) is 0 Å². The number of amidine groups is 1. The maximum atomic E-state index is 4.87. The van der Waals surface area contributed by atoms with Gasteiger partial charge in [0.2, 0.25) is 0 Å². The molecule has 0 spiro atoms. The number of aromatic nitrogens is 1. The van der Waals surface area contributed by atoms with Crippen LogP contribution in [0.4, 0.5) is 11.4 Å². The van der Waals surface area contributed by atoms with Crippen LogP contribution in [0.2, 0.25) is 0 Å². The summed E-state index contributed by atoms with van der Waals surface area (Å²) >= 11 is 0. The lowest BCUT2D eigenvalue weighted by molar-refractivity contribution is -0.671. The van der Waals surface area contributed by atoms with E-state index in [4.69, 9.17) is 5.10 Å². The lowest BCUT2D eigenvalue weighted by Gasteiger charge is -2.32. The Morgan fingerprint density at radius 2 is 1.44 bits per heavy atom. The van der Waals surface area contributed by atoms with Crippen LogP contribution in [-0.4, -0.2) is 12.5 Å². The molecular weight excluding hydrogens is 310 g/mol. The Morgan fingerprint density at radius 3 is 2.08 bits per heavy atom. The van der Waals surface area contributed by atoms with Crippen LogP contribution in [0.5, 0.6) is 0 Å². The Balaban J connectivity index is 1.73. The van der Waals surface area contributed by atoms with Crippen LogP contribution in [0.1, 0.15) is 5.56 Å². The summed E-state index contributed by atoms with van der Waals surface area (Å²) in [5.41, 5.74) is 5.44. The van der Waals surface area contributed by atoms with Crippen molar-refractivity contribution in [3.05, 3.63) is 90.8 Å². The fourth-order valence-corrected chi connectivity index (χ4v) is 2.84. The SMILES string of the molecule is C[n+]1ccc(C2=NN(c3ccccc3)CN(c3ccccc3)[NH2+]2)cc1. The van der Waals surface area contributed by atoms with Crippen LogP contribution < -0.4 is 20.0 Å². The van der Waals surface area contributed by atoms with Gasteiger partial charge in [0.05, 0.1) is 16.9 Å². The predicted molar refractivity (Wildman–Crippen MR) is 98.8 cm³/mol. The van der Waals surface area contributed by atoms with Crippen LogP contribution in [0.3, 0.4) is 0 Å². The number of hydrogen-bond acceptors (Lipinski definition) is 3. The first kappa shape index (κ1) is 15.4. The van der Waals surface area contributed by atoms with Crippen molar-refractivity contribution in [1.29, 1.82) is 0 Å². The number of rotatable bonds is 3. The zero-order chi connectivity index (χ0) is 17.1. The largest absolute Gasteiger partial charge is 0.274 e. The van der Waals surface area contributed by atoms with Crippen LogP contribution in [0.25, 0.3) is 0 Å². The minimum atomic E-state index is 0.679. The molecule has 0 saturated heterocycles. The van der Waals surface area contributed by atoms with Gasteiger partial charge in [0.1, 0.15) is 7.05 Å². The summed E-state index contributed by atoms with van der Waals surface area (Å²) in [6.07, 6.45) is 4.08. The van der Waals surface area contributed by atoms with E-state index in [9.17, 15) is 0 Å². The molecule has 124 valence electrons. The lowest BCUT2D eigenvalue weighted by Crippen LogP contribution is -3.00. The Hall–Kier alpha value is -3.18. The van der Waals surface area contributed by atoms with E-state index in [1.807, 2.05) is 53.3 Å². The molecular formula is C20H21N5+2. The molecule has 0 bridgehead atoms. The van der Waals surface area contributed by atoms with Gasteiger partial charge in [0.25, 0.3) is 5.84 Å². The maximum Gasteiger partial charge on any atom is 0.274 e. The quantitative estimate of drug-likeness (QED) is 0.585. The summed E-state index contributed by atoms with van der Waals surface area (Å²) in [5, 5.41) is 9.13. The third kappa shape index (κ3) is 3.36. The van der Waals surface area contributed by atoms with E-state index in [0.29, 0.717) is 6.67 Å². The number of benzene rings is 2. The van der Waals surface area contributed by atoms with E-state index in [1.165, 1.54) is 0 Å². The first-order valence-corrected chi connectivity index (χ1v) is 8.33. The average molecular weight is 331 g/mol. The fraction of sp³-hybridized carbons (Fsp3) is 0.100. The van der Waals surface area contributed by atoms with Crippen LogP contribution >= 0.6 is 0 Å². The third-order valence-corrected chi connectivity index (χ3v) is 4.21. The number of nitrogens with zero attached hydrogens (tertiary/aromatic N) is 4. The highest BCUT2D eigenvalue weighted by Crippen LogP contribution is 2.18. The van der Waals surface area contributed by atoms with E-state index in [1.54, 1.807) is 0 Å². The molecule has 2 heterocycles. The minimum absolute atomic E-state index is 0.679. The monoisotopic (exact) mass is 331 g/mol. The first-order valence-electron chi connectivity index (χ1n) is 8.33. The van der Waals surface area contributed by atoms with Gasteiger partial charge in [-0.2, -0.15) is 10.4 Å². The van der Waals surface area contributed by atoms with E-state index >= 15 is 0 Å². The van der Waals surface area contributed by atoms with Gasteiger partial charge in [0, 0.05) is 12.1 Å². The minimum Gasteiger partial charge on any atom is -0.235 e. The number of quaternary nitrogens is 1. The molecule has 4 rings (SSSR count). The van der Waals surface area contributed by atoms with Gasteiger partial charge in [-0.15, -0.1) is 5.10 Å². The molecule has 0 unspecified atom stereocenters. The lowest BCUT2D eigenvalue weighted by atomic mass is 10.2. The van der Waals surface area contributed by atoms with Crippen LogP contribution in [-0.2, 0) is 7.05 Å². The van der Waals surface area contributed by atoms with Crippen LogP contribution in [0.15, 0.2) is 90.3 Å². The van der Waals surface area contributed by atoms with Crippen molar-refractivity contribution in [1.82, 2.24) is 0 Å². The second-order valence-electron chi connectivity index (χ2n) is 6.05. The molecule has 0 radical (unpaired) electrons. The van der Waals surface area contributed by atoms with Gasteiger partial charge >= 0.3 is 0 Å². The van der Waals surface area contributed by atoms with Crippen molar-refractivity contribution in [2.75, 3.05) is 16.7 Å². The topological polar surface area (TPSA) is 39.3 Å². The van der Waals surface area contributed by atoms with Gasteiger partial charge in [-0.1, -0.05) is 36.4 Å². The molecule has 0 atom stereocenters. The standard InChI is InChI=1S/C20H20N5/c1-23-14-12-17(13-15-23)20-21-24(18-8-4-2-5-9-18)16-25(22-20)19-10-6-3-7-11-19/h2-15H,16H2,1H3,(H,21,22)/q+1/p+1. The second kappa shape index (κ2) is 6.75. The van der Waals surface area contributed by atoms with Crippen molar-refractivity contribution in [3.8, 4) is 0 Å². The summed E-state index contributed by atoms with van der Waals surface area (Å²) < 4.78 is 2.02. The Morgan fingerprint density at radius 1 is 0.840 bits per heavy atom. The maximum absolute atomic E-state index is 4.87. The van der Waals surface area contributed by atoms with E-state index < -0.39 is 0 Å². The number of anilines is 2. The molecule has 0 fully saturated rings. The number of aryl methyl sites for hydroxylation is 1. The number of pyridine rings is 1. The van der Waals surface area contributed by atoms with Crippen molar-refractivity contribution >= 4 is 17.2 Å². The predicted octanol–water partition coefficient (Wildman–Crippen LogP) is 1.64. The summed E-state index contributed by atoms with van der Waals surface area (Å²) in [4.78, 5) is 0. The molecule has 1 aromatic heterocycles. The number of nitrogens with two attached hydrogens (primary N) is 1. The molecule has 5 nitrogen and oxygen atoms in total. The van der Waals surface area contributed by atoms with Gasteiger partial charge in [-0.3, -0.25) is 0 Å². The Labute approximate surface area is 147 Å². The highest BCUT2D eigenvalue weighted by atomic mass is 15.7. The molecule has 0 aliphatic carbocycles. The molecule has 0 saturated carbocycles. The van der Waals surface area contributed by atoms with Gasteiger partial charge in [-0.05, 0) is 24.3 Å². The zero-order valence-electron chi connectivity index (χ0n) is 14.2. The van der Waals surface area contributed by atoms with Crippen molar-refractivity contribution in [2.24, 2.45) is 12.1 Å². The molecule has 1 aliphatic heterocycles. The zero-order valence-corrected chi connectivity index (χ0v) is 14.2. The summed E-state index contributed by atoms with van der Waals surface area (Å²) in [6.45, 7) is 0.679. The Bertz CT molecular complexity index is 860. The average Bonchev–Trinajstić information content (AvgIpc) is 2.69. The van der Waals surface area contributed by atoms with Gasteiger partial charge in [-0.25, -0.2) is 9.58 Å².